The van der Waals surface area contributed by atoms with Gasteiger partial charge in [-0.25, -0.2) is 0 Å². The first kappa shape index (κ1) is 15.2. The summed E-state index contributed by atoms with van der Waals surface area (Å²) in [6.45, 7) is 4.15. The number of hydrogen-bond donors (Lipinski definition) is 0. The van der Waals surface area contributed by atoms with Crippen LogP contribution < -0.4 is 4.90 Å². The largest absolute Gasteiger partial charge is 0.460 e. The van der Waals surface area contributed by atoms with Gasteiger partial charge in [-0.15, -0.1) is 11.8 Å². The lowest BCUT2D eigenvalue weighted by Gasteiger charge is -2.28. The average molecular weight is 294 g/mol. The molecular weight excluding hydrogens is 272 g/mol. The highest BCUT2D eigenvalue weighted by atomic mass is 32.2. The van der Waals surface area contributed by atoms with Crippen LogP contribution in [0.2, 0.25) is 0 Å². The zero-order valence-electron chi connectivity index (χ0n) is 12.3. The molecule has 1 aliphatic rings. The van der Waals surface area contributed by atoms with Crippen LogP contribution in [0.5, 0.6) is 0 Å². The van der Waals surface area contributed by atoms with Crippen molar-refractivity contribution in [1.29, 1.82) is 0 Å². The van der Waals surface area contributed by atoms with Crippen molar-refractivity contribution in [2.24, 2.45) is 0 Å². The predicted molar refractivity (Wildman–Crippen MR) is 83.5 cm³/mol. The Hall–Kier alpha value is -1.20. The van der Waals surface area contributed by atoms with Crippen LogP contribution in [0.25, 0.3) is 0 Å². The molecule has 0 amide bonds. The highest BCUT2D eigenvalue weighted by Crippen LogP contribution is 2.34. The summed E-state index contributed by atoms with van der Waals surface area (Å²) in [5.41, 5.74) is 1.24. The van der Waals surface area contributed by atoms with Gasteiger partial charge >= 0.3 is 5.97 Å². The maximum atomic E-state index is 11.2. The SMILES string of the molecule is CC(=O)OC1CSc2ccccc2N(CCN(C)C)C1. The fraction of sp³-hybridized carbons (Fsp3) is 0.533. The third-order valence-corrected chi connectivity index (χ3v) is 4.40. The van der Waals surface area contributed by atoms with Gasteiger partial charge in [-0.3, -0.25) is 4.79 Å². The monoisotopic (exact) mass is 294 g/mol. The van der Waals surface area contributed by atoms with E-state index >= 15 is 0 Å². The number of benzene rings is 1. The van der Waals surface area contributed by atoms with Crippen molar-refractivity contribution in [3.63, 3.8) is 0 Å². The van der Waals surface area contributed by atoms with Crippen molar-refractivity contribution in [2.75, 3.05) is 44.4 Å². The summed E-state index contributed by atoms with van der Waals surface area (Å²) in [6.07, 6.45) is -0.0490. The van der Waals surface area contributed by atoms with Gasteiger partial charge in [0.05, 0.1) is 12.2 Å². The van der Waals surface area contributed by atoms with E-state index in [-0.39, 0.29) is 12.1 Å². The lowest BCUT2D eigenvalue weighted by molar-refractivity contribution is -0.144. The summed E-state index contributed by atoms with van der Waals surface area (Å²) < 4.78 is 5.42. The minimum absolute atomic E-state index is 0.0490. The van der Waals surface area contributed by atoms with Gasteiger partial charge in [0.25, 0.3) is 0 Å². The fourth-order valence-electron chi connectivity index (χ4n) is 2.26. The topological polar surface area (TPSA) is 32.8 Å². The minimum Gasteiger partial charge on any atom is -0.460 e. The molecule has 0 fully saturated rings. The Labute approximate surface area is 125 Å². The van der Waals surface area contributed by atoms with Crippen molar-refractivity contribution >= 4 is 23.4 Å². The van der Waals surface area contributed by atoms with Crippen LogP contribution >= 0.6 is 11.8 Å². The van der Waals surface area contributed by atoms with Crippen LogP contribution in [0.4, 0.5) is 5.69 Å². The molecule has 20 heavy (non-hydrogen) atoms. The van der Waals surface area contributed by atoms with Crippen LogP contribution in [-0.2, 0) is 9.53 Å². The normalized spacial score (nSPS) is 18.6. The molecule has 0 spiro atoms. The number of rotatable bonds is 4. The first-order valence-corrected chi connectivity index (χ1v) is 7.83. The molecule has 5 heteroatoms. The Kier molecular flexibility index (Phi) is 5.31. The number of likely N-dealkylation sites (N-methyl/N-ethyl adjacent to an activating group) is 1. The summed E-state index contributed by atoms with van der Waals surface area (Å²) in [6, 6.07) is 8.41. The van der Waals surface area contributed by atoms with Crippen molar-refractivity contribution in [3.8, 4) is 0 Å². The molecule has 1 unspecified atom stereocenters. The number of thioether (sulfide) groups is 1. The fourth-order valence-corrected chi connectivity index (χ4v) is 3.32. The number of nitrogens with zero attached hydrogens (tertiary/aromatic N) is 2. The van der Waals surface area contributed by atoms with Crippen LogP contribution in [0.1, 0.15) is 6.92 Å². The number of hydrogen-bond acceptors (Lipinski definition) is 5. The summed E-state index contributed by atoms with van der Waals surface area (Å²) in [7, 11) is 4.14. The van der Waals surface area contributed by atoms with Gasteiger partial charge in [0.2, 0.25) is 0 Å². The third kappa shape index (κ3) is 4.15. The number of anilines is 1. The average Bonchev–Trinajstić information content (AvgIpc) is 2.56. The Morgan fingerprint density at radius 3 is 2.90 bits per heavy atom. The maximum Gasteiger partial charge on any atom is 0.302 e. The molecule has 0 aliphatic carbocycles. The molecule has 1 heterocycles. The summed E-state index contributed by atoms with van der Waals surface area (Å²) in [5.74, 6) is 0.615. The van der Waals surface area contributed by atoms with E-state index in [4.69, 9.17) is 4.74 Å². The van der Waals surface area contributed by atoms with Gasteiger partial charge in [-0.1, -0.05) is 12.1 Å². The molecule has 1 atom stereocenters. The minimum atomic E-state index is -0.200. The molecule has 0 saturated carbocycles. The van der Waals surface area contributed by atoms with E-state index in [2.05, 4.69) is 48.2 Å². The second-order valence-corrected chi connectivity index (χ2v) is 6.32. The van der Waals surface area contributed by atoms with E-state index in [1.165, 1.54) is 17.5 Å². The first-order valence-electron chi connectivity index (χ1n) is 6.85. The molecule has 0 bridgehead atoms. The molecule has 1 aliphatic heterocycles. The second-order valence-electron chi connectivity index (χ2n) is 5.26. The zero-order chi connectivity index (χ0) is 14.5. The molecule has 0 saturated heterocycles. The third-order valence-electron chi connectivity index (χ3n) is 3.20. The first-order chi connectivity index (χ1) is 9.56. The molecular formula is C15H22N2O2S. The number of para-hydroxylation sites is 1. The number of carbonyl (C=O) groups is 1. The number of carbonyl (C=O) groups excluding carboxylic acids is 1. The highest BCUT2D eigenvalue weighted by Gasteiger charge is 2.23. The Morgan fingerprint density at radius 1 is 1.45 bits per heavy atom. The summed E-state index contributed by atoms with van der Waals surface area (Å²) >= 11 is 1.77. The van der Waals surface area contributed by atoms with Crippen LogP contribution in [0.3, 0.4) is 0 Å². The highest BCUT2D eigenvalue weighted by molar-refractivity contribution is 7.99. The molecule has 110 valence electrons. The van der Waals surface area contributed by atoms with Gasteiger partial charge in [0.1, 0.15) is 6.10 Å². The maximum absolute atomic E-state index is 11.2. The van der Waals surface area contributed by atoms with Crippen molar-refractivity contribution in [1.82, 2.24) is 4.90 Å². The van der Waals surface area contributed by atoms with E-state index in [1.54, 1.807) is 11.8 Å². The molecule has 0 radical (unpaired) electrons. The van der Waals surface area contributed by atoms with E-state index in [1.807, 2.05) is 0 Å². The summed E-state index contributed by atoms with van der Waals surface area (Å²) in [5, 5.41) is 0. The van der Waals surface area contributed by atoms with Crippen molar-refractivity contribution in [3.05, 3.63) is 24.3 Å². The lowest BCUT2D eigenvalue weighted by atomic mass is 10.2. The lowest BCUT2D eigenvalue weighted by Crippen LogP contribution is -2.38. The zero-order valence-corrected chi connectivity index (χ0v) is 13.2. The number of esters is 1. The Morgan fingerprint density at radius 2 is 2.20 bits per heavy atom. The van der Waals surface area contributed by atoms with Gasteiger partial charge < -0.3 is 14.5 Å². The van der Waals surface area contributed by atoms with Gasteiger partial charge in [-0.2, -0.15) is 0 Å². The molecule has 0 N–H and O–H groups in total. The van der Waals surface area contributed by atoms with Gasteiger partial charge in [0.15, 0.2) is 0 Å². The quantitative estimate of drug-likeness (QED) is 0.794. The number of fused-ring (bicyclic) bond motifs is 1. The van der Waals surface area contributed by atoms with Crippen molar-refractivity contribution < 1.29 is 9.53 Å². The van der Waals surface area contributed by atoms with Crippen molar-refractivity contribution in [2.45, 2.75) is 17.9 Å². The van der Waals surface area contributed by atoms with Gasteiger partial charge in [-0.05, 0) is 26.2 Å². The predicted octanol–water partition coefficient (Wildman–Crippen LogP) is 2.09. The van der Waals surface area contributed by atoms with Crippen LogP contribution in [-0.4, -0.2) is 56.5 Å². The standard InChI is InChI=1S/C15H22N2O2S/c1-12(18)19-13-10-17(9-8-16(2)3)14-6-4-5-7-15(14)20-11-13/h4-7,13H,8-11H2,1-3H3. The molecule has 2 rings (SSSR count). The second kappa shape index (κ2) is 6.99. The Bertz CT molecular complexity index is 465. The van der Waals surface area contributed by atoms with Gasteiger partial charge in [0, 0.05) is 30.7 Å². The summed E-state index contributed by atoms with van der Waals surface area (Å²) in [4.78, 5) is 17.0. The molecule has 4 nitrogen and oxygen atoms in total. The molecule has 0 aromatic heterocycles. The molecule has 1 aromatic carbocycles. The molecule has 1 aromatic rings. The van der Waals surface area contributed by atoms with E-state index in [0.717, 1.165) is 25.4 Å². The van der Waals surface area contributed by atoms with Crippen LogP contribution in [0.15, 0.2) is 29.2 Å². The van der Waals surface area contributed by atoms with E-state index in [0.29, 0.717) is 0 Å². The Balaban J connectivity index is 2.16. The smallest absolute Gasteiger partial charge is 0.302 e. The van der Waals surface area contributed by atoms with E-state index < -0.39 is 0 Å². The van der Waals surface area contributed by atoms with Crippen LogP contribution in [0, 0.1) is 0 Å². The van der Waals surface area contributed by atoms with E-state index in [9.17, 15) is 4.79 Å². The number of ether oxygens (including phenoxy) is 1.